The number of rotatable bonds is 6. The molecule has 1 saturated heterocycles. The zero-order chi connectivity index (χ0) is 24.0. The van der Waals surface area contributed by atoms with Crippen LogP contribution in [0.2, 0.25) is 0 Å². The van der Waals surface area contributed by atoms with Crippen molar-refractivity contribution in [3.63, 3.8) is 0 Å². The molecule has 2 aromatic heterocycles. The van der Waals surface area contributed by atoms with Gasteiger partial charge in [-0.2, -0.15) is 4.98 Å². The standard InChI is InChI=1S/C29H45N7/c1-2-10-29(11-3-1)21-30-19-26-16-24-18-32-28(33-27(24)36(26)29)31-17-22-6-8-25(9-7-22)35-14-12-34(13-15-35)20-23-4-5-23/h16,18,22-23,25,30H,1-15,17,19-21H2,(H,31,32,33). The first-order valence-electron chi connectivity index (χ1n) is 15.0. The van der Waals surface area contributed by atoms with E-state index in [1.165, 1.54) is 114 Å². The highest BCUT2D eigenvalue weighted by atomic mass is 15.3. The smallest absolute Gasteiger partial charge is 0.224 e. The molecule has 2 aromatic rings. The Bertz CT molecular complexity index is 1040. The molecule has 0 bridgehead atoms. The van der Waals surface area contributed by atoms with Crippen molar-refractivity contribution in [2.45, 2.75) is 88.8 Å². The van der Waals surface area contributed by atoms with Gasteiger partial charge in [0.05, 0.1) is 5.54 Å². The molecule has 0 atom stereocenters. The van der Waals surface area contributed by atoms with Gasteiger partial charge in [-0.05, 0) is 69.3 Å². The Morgan fingerprint density at radius 2 is 1.72 bits per heavy atom. The van der Waals surface area contributed by atoms with Crippen molar-refractivity contribution in [1.29, 1.82) is 0 Å². The molecule has 36 heavy (non-hydrogen) atoms. The van der Waals surface area contributed by atoms with Crippen molar-refractivity contribution >= 4 is 17.0 Å². The second-order valence-corrected chi connectivity index (χ2v) is 12.7. The summed E-state index contributed by atoms with van der Waals surface area (Å²) in [6.07, 6.45) is 16.9. The van der Waals surface area contributed by atoms with Gasteiger partial charge in [0.2, 0.25) is 5.95 Å². The van der Waals surface area contributed by atoms with Gasteiger partial charge in [-0.1, -0.05) is 19.3 Å². The van der Waals surface area contributed by atoms with Crippen LogP contribution in [0, 0.1) is 11.8 Å². The third kappa shape index (κ3) is 4.67. The molecule has 196 valence electrons. The zero-order valence-electron chi connectivity index (χ0n) is 22.1. The number of nitrogens with one attached hydrogen (secondary N) is 2. The molecule has 0 aromatic carbocycles. The number of piperazine rings is 1. The Morgan fingerprint density at radius 3 is 2.50 bits per heavy atom. The summed E-state index contributed by atoms with van der Waals surface area (Å²) in [5, 5.41) is 8.54. The first-order chi connectivity index (χ1) is 17.8. The summed E-state index contributed by atoms with van der Waals surface area (Å²) >= 11 is 0. The van der Waals surface area contributed by atoms with Gasteiger partial charge in [-0.15, -0.1) is 0 Å². The average molecular weight is 492 g/mol. The maximum Gasteiger partial charge on any atom is 0.224 e. The summed E-state index contributed by atoms with van der Waals surface area (Å²) in [5.41, 5.74) is 2.74. The zero-order valence-corrected chi connectivity index (χ0v) is 22.1. The van der Waals surface area contributed by atoms with Crippen molar-refractivity contribution < 1.29 is 0 Å². The second kappa shape index (κ2) is 9.88. The lowest BCUT2D eigenvalue weighted by molar-refractivity contribution is 0.0696. The lowest BCUT2D eigenvalue weighted by Crippen LogP contribution is -2.51. The minimum Gasteiger partial charge on any atom is -0.354 e. The molecule has 7 nitrogen and oxygen atoms in total. The van der Waals surface area contributed by atoms with E-state index in [1.54, 1.807) is 0 Å². The molecule has 4 fully saturated rings. The second-order valence-electron chi connectivity index (χ2n) is 12.7. The SMILES string of the molecule is c1nc(NCC2CCC(N3CCN(CC4CC4)CC3)CC2)nc2c1cc1n2C2(CCCCC2)CNC1. The Hall–Kier alpha value is -1.70. The molecule has 2 aliphatic heterocycles. The number of hydrogen-bond donors (Lipinski definition) is 2. The summed E-state index contributed by atoms with van der Waals surface area (Å²) in [4.78, 5) is 15.3. The van der Waals surface area contributed by atoms with Gasteiger partial charge in [0.1, 0.15) is 5.65 Å². The number of hydrogen-bond acceptors (Lipinski definition) is 6. The number of anilines is 1. The fourth-order valence-corrected chi connectivity index (χ4v) is 7.83. The summed E-state index contributed by atoms with van der Waals surface area (Å²) in [6.45, 7) is 9.55. The minimum absolute atomic E-state index is 0.209. The van der Waals surface area contributed by atoms with Crippen molar-refractivity contribution in [1.82, 2.24) is 29.7 Å². The van der Waals surface area contributed by atoms with Crippen LogP contribution in [0.1, 0.15) is 76.3 Å². The van der Waals surface area contributed by atoms with Gasteiger partial charge in [0.25, 0.3) is 0 Å². The van der Waals surface area contributed by atoms with Crippen molar-refractivity contribution in [3.8, 4) is 0 Å². The fraction of sp³-hybridized carbons (Fsp3) is 0.793. The normalized spacial score (nSPS) is 29.4. The van der Waals surface area contributed by atoms with Crippen LogP contribution in [-0.2, 0) is 12.1 Å². The highest BCUT2D eigenvalue weighted by molar-refractivity contribution is 5.78. The first-order valence-corrected chi connectivity index (χ1v) is 15.0. The van der Waals surface area contributed by atoms with Gasteiger partial charge in [0.15, 0.2) is 0 Å². The summed E-state index contributed by atoms with van der Waals surface area (Å²) in [7, 11) is 0. The third-order valence-electron chi connectivity index (χ3n) is 10.1. The molecule has 4 heterocycles. The van der Waals surface area contributed by atoms with E-state index in [4.69, 9.17) is 9.97 Å². The monoisotopic (exact) mass is 491 g/mol. The van der Waals surface area contributed by atoms with E-state index >= 15 is 0 Å². The van der Waals surface area contributed by atoms with Crippen molar-refractivity contribution in [3.05, 3.63) is 18.0 Å². The molecule has 1 spiro atoms. The average Bonchev–Trinajstić information content (AvgIpc) is 3.65. The molecule has 0 unspecified atom stereocenters. The molecule has 7 heteroatoms. The lowest BCUT2D eigenvalue weighted by Gasteiger charge is -2.43. The highest BCUT2D eigenvalue weighted by Gasteiger charge is 2.39. The van der Waals surface area contributed by atoms with Gasteiger partial charge in [-0.3, -0.25) is 4.90 Å². The highest BCUT2D eigenvalue weighted by Crippen LogP contribution is 2.40. The third-order valence-corrected chi connectivity index (χ3v) is 10.1. The number of nitrogens with zero attached hydrogens (tertiary/aromatic N) is 5. The van der Waals surface area contributed by atoms with Crippen LogP contribution >= 0.6 is 0 Å². The van der Waals surface area contributed by atoms with E-state index in [0.717, 1.165) is 49.1 Å². The Kier molecular flexibility index (Phi) is 6.43. The van der Waals surface area contributed by atoms with Gasteiger partial charge in [-0.25, -0.2) is 4.98 Å². The van der Waals surface area contributed by atoms with Crippen LogP contribution in [0.15, 0.2) is 12.3 Å². The van der Waals surface area contributed by atoms with Crippen molar-refractivity contribution in [2.24, 2.45) is 11.8 Å². The van der Waals surface area contributed by atoms with Gasteiger partial charge in [0, 0.05) is 75.7 Å². The summed E-state index contributed by atoms with van der Waals surface area (Å²) in [6, 6.07) is 3.12. The topological polar surface area (TPSA) is 61.3 Å². The fourth-order valence-electron chi connectivity index (χ4n) is 7.83. The van der Waals surface area contributed by atoms with Crippen LogP contribution in [-0.4, -0.2) is 76.2 Å². The first kappa shape index (κ1) is 23.4. The van der Waals surface area contributed by atoms with Gasteiger partial charge < -0.3 is 20.1 Å². The molecule has 0 radical (unpaired) electrons. The molecular formula is C29H45N7. The summed E-state index contributed by atoms with van der Waals surface area (Å²) < 4.78 is 2.60. The molecule has 3 saturated carbocycles. The molecule has 3 aliphatic carbocycles. The van der Waals surface area contributed by atoms with Crippen LogP contribution in [0.25, 0.3) is 11.0 Å². The molecule has 7 rings (SSSR count). The van der Waals surface area contributed by atoms with E-state index < -0.39 is 0 Å². The van der Waals surface area contributed by atoms with Crippen LogP contribution in [0.3, 0.4) is 0 Å². The maximum absolute atomic E-state index is 5.10. The molecule has 5 aliphatic rings. The van der Waals surface area contributed by atoms with Crippen LogP contribution in [0.4, 0.5) is 5.95 Å². The van der Waals surface area contributed by atoms with Crippen molar-refractivity contribution in [2.75, 3.05) is 51.1 Å². The van der Waals surface area contributed by atoms with Gasteiger partial charge >= 0.3 is 0 Å². The van der Waals surface area contributed by atoms with Crippen LogP contribution < -0.4 is 10.6 Å². The van der Waals surface area contributed by atoms with E-state index in [-0.39, 0.29) is 5.54 Å². The van der Waals surface area contributed by atoms with Crippen LogP contribution in [0.5, 0.6) is 0 Å². The Morgan fingerprint density at radius 1 is 0.944 bits per heavy atom. The van der Waals surface area contributed by atoms with E-state index in [0.29, 0.717) is 0 Å². The summed E-state index contributed by atoms with van der Waals surface area (Å²) in [5.74, 6) is 2.59. The number of aromatic nitrogens is 3. The Balaban J connectivity index is 0.949. The van der Waals surface area contributed by atoms with E-state index in [2.05, 4.69) is 31.1 Å². The molecular weight excluding hydrogens is 446 g/mol. The number of fused-ring (bicyclic) bond motifs is 4. The lowest BCUT2D eigenvalue weighted by atomic mass is 9.80. The minimum atomic E-state index is 0.209. The quantitative estimate of drug-likeness (QED) is 0.632. The van der Waals surface area contributed by atoms with E-state index in [9.17, 15) is 0 Å². The largest absolute Gasteiger partial charge is 0.354 e. The van der Waals surface area contributed by atoms with E-state index in [1.807, 2.05) is 6.20 Å². The Labute approximate surface area is 216 Å². The predicted octanol–water partition coefficient (Wildman–Crippen LogP) is 4.19. The predicted molar refractivity (Wildman–Crippen MR) is 145 cm³/mol. The molecule has 2 N–H and O–H groups in total. The molecule has 0 amide bonds. The maximum atomic E-state index is 5.10.